The summed E-state index contributed by atoms with van der Waals surface area (Å²) in [5.41, 5.74) is 3.59. The Bertz CT molecular complexity index is 947. The van der Waals surface area contributed by atoms with Gasteiger partial charge in [0.2, 0.25) is 0 Å². The fourth-order valence-electron chi connectivity index (χ4n) is 8.09. The predicted octanol–water partition coefficient (Wildman–Crippen LogP) is 16.0. The van der Waals surface area contributed by atoms with Crippen molar-refractivity contribution in [2.24, 2.45) is 0 Å². The molecule has 0 spiro atoms. The van der Waals surface area contributed by atoms with Gasteiger partial charge < -0.3 is 19.3 Å². The number of unbranched alkanes of at least 4 members (excludes halogenated alkanes) is 27. The van der Waals surface area contributed by atoms with Gasteiger partial charge in [-0.15, -0.1) is 0 Å². The lowest BCUT2D eigenvalue weighted by molar-refractivity contribution is 0.0574. The zero-order valence-corrected chi connectivity index (χ0v) is 38.0. The Hall–Kier alpha value is -1.10. The predicted molar refractivity (Wildman–Crippen MR) is 241 cm³/mol. The van der Waals surface area contributed by atoms with Crippen molar-refractivity contribution in [1.29, 1.82) is 0 Å². The van der Waals surface area contributed by atoms with Gasteiger partial charge in [-0.25, -0.2) is 0 Å². The van der Waals surface area contributed by atoms with Gasteiger partial charge >= 0.3 is 0 Å². The highest BCUT2D eigenvalue weighted by Crippen LogP contribution is 2.30. The molecule has 0 aromatic heterocycles. The lowest BCUT2D eigenvalue weighted by Gasteiger charge is -2.24. The molecule has 55 heavy (non-hydrogen) atoms. The van der Waals surface area contributed by atoms with Crippen LogP contribution in [-0.2, 0) is 33.5 Å². The van der Waals surface area contributed by atoms with Gasteiger partial charge in [0.15, 0.2) is 0 Å². The topological polar surface area (TPSA) is 47.9 Å². The van der Waals surface area contributed by atoms with Gasteiger partial charge in [-0.3, -0.25) is 0 Å². The highest BCUT2D eigenvalue weighted by atomic mass is 16.5. The first-order chi connectivity index (χ1) is 26.9. The van der Waals surface area contributed by atoms with Crippen LogP contribution in [0.4, 0.5) is 0 Å². The van der Waals surface area contributed by atoms with E-state index in [2.05, 4.69) is 47.6 Å². The normalized spacial score (nSPS) is 13.4. The summed E-state index contributed by atoms with van der Waals surface area (Å²) in [6.07, 6.45) is 42.8. The molecule has 0 radical (unpaired) electrons. The second-order valence-corrected chi connectivity index (χ2v) is 17.4. The lowest BCUT2D eigenvalue weighted by Crippen LogP contribution is -2.20. The molecule has 324 valence electrons. The lowest BCUT2D eigenvalue weighted by atomic mass is 9.90. The molecule has 3 atom stereocenters. The van der Waals surface area contributed by atoms with E-state index in [-0.39, 0.29) is 18.3 Å². The average molecular weight is 773 g/mol. The molecule has 4 heteroatoms. The second kappa shape index (κ2) is 38.4. The number of phenols is 1. The van der Waals surface area contributed by atoms with E-state index >= 15 is 0 Å². The van der Waals surface area contributed by atoms with Crippen LogP contribution in [0.1, 0.15) is 251 Å². The van der Waals surface area contributed by atoms with Crippen LogP contribution in [0.5, 0.6) is 5.75 Å². The molecule has 0 aliphatic heterocycles. The fraction of sp³-hybridized carbons (Fsp3) is 0.882. The molecule has 1 aromatic rings. The minimum atomic E-state index is 0.0614. The number of benzene rings is 1. The number of phenolic OH excluding ortho intramolecular Hbond substituents is 1. The van der Waals surface area contributed by atoms with Crippen LogP contribution in [0.2, 0.25) is 0 Å². The Morgan fingerprint density at radius 2 is 0.636 bits per heavy atom. The van der Waals surface area contributed by atoms with Crippen LogP contribution in [-0.4, -0.2) is 43.2 Å². The summed E-state index contributed by atoms with van der Waals surface area (Å²) in [6, 6.07) is 4.05. The van der Waals surface area contributed by atoms with Crippen molar-refractivity contribution in [3.8, 4) is 5.75 Å². The van der Waals surface area contributed by atoms with Gasteiger partial charge in [0.1, 0.15) is 5.75 Å². The van der Waals surface area contributed by atoms with E-state index in [0.29, 0.717) is 5.75 Å². The van der Waals surface area contributed by atoms with Gasteiger partial charge in [-0.05, 0) is 75.6 Å². The third kappa shape index (κ3) is 30.6. The first kappa shape index (κ1) is 51.9. The molecule has 1 aromatic carbocycles. The van der Waals surface area contributed by atoms with Crippen molar-refractivity contribution >= 4 is 0 Å². The van der Waals surface area contributed by atoms with E-state index in [0.717, 1.165) is 63.9 Å². The van der Waals surface area contributed by atoms with E-state index < -0.39 is 0 Å². The summed E-state index contributed by atoms with van der Waals surface area (Å²) in [4.78, 5) is 0. The first-order valence-electron chi connectivity index (χ1n) is 24.6. The van der Waals surface area contributed by atoms with E-state index in [9.17, 15) is 5.11 Å². The standard InChI is InChI=1S/C51H96O4/c1-7-10-13-16-19-22-25-28-31-34-39-53-45(4)42-48-37-38-51(52)50(44-47(6)55-41-36-33-30-27-24-21-18-15-12-9-3)49(48)43-46(5)54-40-35-32-29-26-23-20-17-14-11-8-2/h37-38,45-47,52H,7-36,39-44H2,1-6H3. The summed E-state index contributed by atoms with van der Waals surface area (Å²) in [5.74, 6) is 0.397. The number of rotatable bonds is 42. The molecule has 0 aliphatic rings. The molecule has 0 saturated carbocycles. The van der Waals surface area contributed by atoms with Gasteiger partial charge in [-0.1, -0.05) is 200 Å². The molecule has 4 nitrogen and oxygen atoms in total. The Morgan fingerprint density at radius 1 is 0.364 bits per heavy atom. The summed E-state index contributed by atoms with van der Waals surface area (Å²) < 4.78 is 19.2. The summed E-state index contributed by atoms with van der Waals surface area (Å²) in [7, 11) is 0. The third-order valence-corrected chi connectivity index (χ3v) is 11.7. The number of ether oxygens (including phenoxy) is 3. The molecular weight excluding hydrogens is 677 g/mol. The van der Waals surface area contributed by atoms with Crippen molar-refractivity contribution in [3.05, 3.63) is 28.8 Å². The quantitative estimate of drug-likeness (QED) is 0.0672. The van der Waals surface area contributed by atoms with Gasteiger partial charge in [0, 0.05) is 26.2 Å². The minimum absolute atomic E-state index is 0.0614. The van der Waals surface area contributed by atoms with Crippen LogP contribution < -0.4 is 0 Å². The Balaban J connectivity index is 2.63. The smallest absolute Gasteiger partial charge is 0.119 e. The largest absolute Gasteiger partial charge is 0.508 e. The number of hydrogen-bond donors (Lipinski definition) is 1. The first-order valence-corrected chi connectivity index (χ1v) is 24.6. The monoisotopic (exact) mass is 773 g/mol. The van der Waals surface area contributed by atoms with Crippen molar-refractivity contribution in [2.75, 3.05) is 19.8 Å². The molecule has 0 fully saturated rings. The van der Waals surface area contributed by atoms with Crippen LogP contribution in [0.15, 0.2) is 12.1 Å². The van der Waals surface area contributed by atoms with Gasteiger partial charge in [0.05, 0.1) is 18.3 Å². The van der Waals surface area contributed by atoms with Crippen LogP contribution in [0.3, 0.4) is 0 Å². The number of hydrogen-bond acceptors (Lipinski definition) is 4. The Morgan fingerprint density at radius 3 is 0.964 bits per heavy atom. The fourth-order valence-corrected chi connectivity index (χ4v) is 8.09. The average Bonchev–Trinajstić information content (AvgIpc) is 3.17. The third-order valence-electron chi connectivity index (χ3n) is 11.7. The van der Waals surface area contributed by atoms with E-state index in [1.54, 1.807) is 0 Å². The maximum Gasteiger partial charge on any atom is 0.119 e. The minimum Gasteiger partial charge on any atom is -0.508 e. The van der Waals surface area contributed by atoms with E-state index in [1.165, 1.54) is 184 Å². The molecule has 1 rings (SSSR count). The number of aromatic hydroxyl groups is 1. The van der Waals surface area contributed by atoms with Gasteiger partial charge in [-0.2, -0.15) is 0 Å². The Kier molecular flexibility index (Phi) is 36.3. The highest BCUT2D eigenvalue weighted by Gasteiger charge is 2.20. The Labute approximate surface area is 344 Å². The zero-order valence-electron chi connectivity index (χ0n) is 38.0. The maximum absolute atomic E-state index is 11.2. The molecule has 0 amide bonds. The molecule has 0 heterocycles. The van der Waals surface area contributed by atoms with E-state index in [1.807, 2.05) is 6.07 Å². The molecule has 0 bridgehead atoms. The SMILES string of the molecule is CCCCCCCCCCCCOC(C)Cc1ccc(O)c(CC(C)OCCCCCCCCCCCC)c1CC(C)OCCCCCCCCCCCC. The summed E-state index contributed by atoms with van der Waals surface area (Å²) >= 11 is 0. The molecule has 1 N–H and O–H groups in total. The van der Waals surface area contributed by atoms with Crippen molar-refractivity contribution < 1.29 is 19.3 Å². The van der Waals surface area contributed by atoms with Crippen molar-refractivity contribution in [1.82, 2.24) is 0 Å². The summed E-state index contributed by atoms with van der Waals surface area (Å²) in [6.45, 7) is 15.9. The van der Waals surface area contributed by atoms with Crippen LogP contribution in [0.25, 0.3) is 0 Å². The summed E-state index contributed by atoms with van der Waals surface area (Å²) in [5, 5.41) is 11.2. The second-order valence-electron chi connectivity index (χ2n) is 17.4. The van der Waals surface area contributed by atoms with Crippen LogP contribution in [0, 0.1) is 0 Å². The van der Waals surface area contributed by atoms with Crippen molar-refractivity contribution in [2.45, 2.75) is 272 Å². The van der Waals surface area contributed by atoms with Gasteiger partial charge in [0.25, 0.3) is 0 Å². The van der Waals surface area contributed by atoms with E-state index in [4.69, 9.17) is 14.2 Å². The maximum atomic E-state index is 11.2. The molecule has 0 aliphatic carbocycles. The highest BCUT2D eigenvalue weighted by molar-refractivity contribution is 5.45. The van der Waals surface area contributed by atoms with Crippen molar-refractivity contribution in [3.63, 3.8) is 0 Å². The molecule has 0 saturated heterocycles. The molecular formula is C51H96O4. The van der Waals surface area contributed by atoms with Crippen LogP contribution >= 0.6 is 0 Å². The molecule has 3 unspecified atom stereocenters. The zero-order chi connectivity index (χ0) is 40.0.